The molecule has 0 saturated heterocycles. The SMILES string of the molecule is c1ccc(N(c2ccc(-c3ccc4c(c3)C3(c5ccccc5O4)c4ccccc4-c4ccccc43)cc2)c2ccc3sc4ccccc4c3c2)cc1. The van der Waals surface area contributed by atoms with Crippen LogP contribution in [0.5, 0.6) is 11.5 Å². The summed E-state index contributed by atoms with van der Waals surface area (Å²) in [6, 6.07) is 68.3. The van der Waals surface area contributed by atoms with E-state index in [0.717, 1.165) is 39.7 Å². The van der Waals surface area contributed by atoms with Gasteiger partial charge < -0.3 is 9.64 Å². The van der Waals surface area contributed by atoms with Gasteiger partial charge in [-0.25, -0.2) is 0 Å². The number of nitrogens with zero attached hydrogens (tertiary/aromatic N) is 1. The highest BCUT2D eigenvalue weighted by atomic mass is 32.1. The lowest BCUT2D eigenvalue weighted by Gasteiger charge is -2.39. The van der Waals surface area contributed by atoms with Gasteiger partial charge in [-0.15, -0.1) is 11.3 Å². The molecule has 0 atom stereocenters. The summed E-state index contributed by atoms with van der Waals surface area (Å²) in [6.45, 7) is 0. The second-order valence-electron chi connectivity index (χ2n) is 13.6. The quantitative estimate of drug-likeness (QED) is 0.183. The Morgan fingerprint density at radius 2 is 0.962 bits per heavy atom. The van der Waals surface area contributed by atoms with Crippen LogP contribution in [0.15, 0.2) is 188 Å². The molecule has 2 heterocycles. The van der Waals surface area contributed by atoms with Gasteiger partial charge in [0, 0.05) is 48.4 Å². The normalized spacial score (nSPS) is 13.3. The number of para-hydroxylation sites is 2. The Labute approximate surface area is 306 Å². The van der Waals surface area contributed by atoms with Crippen LogP contribution in [0.2, 0.25) is 0 Å². The van der Waals surface area contributed by atoms with Crippen LogP contribution in [0.3, 0.4) is 0 Å². The second kappa shape index (κ2) is 11.3. The fourth-order valence-electron chi connectivity index (χ4n) is 8.72. The van der Waals surface area contributed by atoms with Crippen molar-refractivity contribution in [2.75, 3.05) is 4.90 Å². The third kappa shape index (κ3) is 4.17. The summed E-state index contributed by atoms with van der Waals surface area (Å²) in [5.41, 5.74) is 12.7. The summed E-state index contributed by atoms with van der Waals surface area (Å²) in [6.07, 6.45) is 0. The lowest BCUT2D eigenvalue weighted by molar-refractivity contribution is 0.436. The van der Waals surface area contributed by atoms with Crippen LogP contribution >= 0.6 is 11.3 Å². The molecule has 1 spiro atoms. The van der Waals surface area contributed by atoms with E-state index in [-0.39, 0.29) is 0 Å². The van der Waals surface area contributed by atoms with E-state index >= 15 is 0 Å². The standard InChI is InChI=1S/C49H31NOS/c1-2-12-34(13-3-1)50(36-27-29-48-40(31-36)39-16-6-11-21-47(39)52-48)35-25-22-32(23-26-35)33-24-28-46-44(30-33)49(43-19-9-10-20-45(43)51-46)41-17-7-4-14-37(41)38-15-5-8-18-42(38)49/h1-31H. The number of hydrogen-bond acceptors (Lipinski definition) is 3. The summed E-state index contributed by atoms with van der Waals surface area (Å²) < 4.78 is 9.30. The van der Waals surface area contributed by atoms with Gasteiger partial charge in [0.15, 0.2) is 0 Å². The molecule has 244 valence electrons. The minimum Gasteiger partial charge on any atom is -0.457 e. The molecule has 0 radical (unpaired) electrons. The van der Waals surface area contributed by atoms with Gasteiger partial charge in [-0.05, 0) is 100 Å². The number of rotatable bonds is 4. The molecule has 2 nitrogen and oxygen atoms in total. The molecule has 3 heteroatoms. The van der Waals surface area contributed by atoms with Gasteiger partial charge in [-0.2, -0.15) is 0 Å². The molecule has 11 rings (SSSR count). The van der Waals surface area contributed by atoms with Gasteiger partial charge in [0.1, 0.15) is 11.5 Å². The maximum absolute atomic E-state index is 6.68. The van der Waals surface area contributed by atoms with Gasteiger partial charge in [-0.1, -0.05) is 121 Å². The molecule has 1 aliphatic heterocycles. The highest BCUT2D eigenvalue weighted by molar-refractivity contribution is 7.25. The molecule has 0 amide bonds. The average Bonchev–Trinajstić information content (AvgIpc) is 3.73. The summed E-state index contributed by atoms with van der Waals surface area (Å²) >= 11 is 1.85. The van der Waals surface area contributed by atoms with E-state index in [2.05, 4.69) is 193 Å². The highest BCUT2D eigenvalue weighted by Gasteiger charge is 2.50. The fourth-order valence-corrected chi connectivity index (χ4v) is 9.80. The fraction of sp³-hybridized carbons (Fsp3) is 0.0204. The van der Waals surface area contributed by atoms with Crippen LogP contribution in [0.4, 0.5) is 17.1 Å². The first-order valence-electron chi connectivity index (χ1n) is 17.8. The first-order valence-corrected chi connectivity index (χ1v) is 18.6. The monoisotopic (exact) mass is 681 g/mol. The molecule has 0 bridgehead atoms. The third-order valence-corrected chi connectivity index (χ3v) is 12.1. The molecule has 52 heavy (non-hydrogen) atoms. The number of fused-ring (bicyclic) bond motifs is 12. The number of hydrogen-bond donors (Lipinski definition) is 0. The van der Waals surface area contributed by atoms with Crippen molar-refractivity contribution in [3.8, 4) is 33.8 Å². The predicted octanol–water partition coefficient (Wildman–Crippen LogP) is 13.7. The maximum Gasteiger partial charge on any atom is 0.132 e. The van der Waals surface area contributed by atoms with Crippen LogP contribution in [0.25, 0.3) is 42.4 Å². The molecular formula is C49H31NOS. The van der Waals surface area contributed by atoms with Crippen molar-refractivity contribution in [1.29, 1.82) is 0 Å². The van der Waals surface area contributed by atoms with Gasteiger partial charge in [0.2, 0.25) is 0 Å². The summed E-state index contributed by atoms with van der Waals surface area (Å²) in [5.74, 6) is 1.81. The second-order valence-corrected chi connectivity index (χ2v) is 14.7. The van der Waals surface area contributed by atoms with E-state index in [1.54, 1.807) is 0 Å². The summed E-state index contributed by atoms with van der Waals surface area (Å²) in [7, 11) is 0. The molecular weight excluding hydrogens is 651 g/mol. The smallest absolute Gasteiger partial charge is 0.132 e. The molecule has 1 aromatic heterocycles. The van der Waals surface area contributed by atoms with Crippen molar-refractivity contribution in [2.45, 2.75) is 5.41 Å². The molecule has 9 aromatic rings. The molecule has 8 aromatic carbocycles. The first-order chi connectivity index (χ1) is 25.8. The summed E-state index contributed by atoms with van der Waals surface area (Å²) in [5, 5.41) is 2.59. The Bertz CT molecular complexity index is 2790. The largest absolute Gasteiger partial charge is 0.457 e. The number of benzene rings is 8. The minimum atomic E-state index is -0.484. The molecule has 0 N–H and O–H groups in total. The van der Waals surface area contributed by atoms with E-state index in [4.69, 9.17) is 4.74 Å². The zero-order valence-electron chi connectivity index (χ0n) is 28.2. The van der Waals surface area contributed by atoms with Crippen molar-refractivity contribution in [3.63, 3.8) is 0 Å². The maximum atomic E-state index is 6.68. The zero-order chi connectivity index (χ0) is 34.2. The Morgan fingerprint density at radius 1 is 0.385 bits per heavy atom. The van der Waals surface area contributed by atoms with Crippen molar-refractivity contribution in [3.05, 3.63) is 210 Å². The van der Waals surface area contributed by atoms with Gasteiger partial charge in [0.25, 0.3) is 0 Å². The van der Waals surface area contributed by atoms with Crippen molar-refractivity contribution in [1.82, 2.24) is 0 Å². The minimum absolute atomic E-state index is 0.484. The Morgan fingerprint density at radius 3 is 1.75 bits per heavy atom. The molecule has 2 aliphatic rings. The van der Waals surface area contributed by atoms with Crippen molar-refractivity contribution in [2.24, 2.45) is 0 Å². The van der Waals surface area contributed by atoms with Crippen LogP contribution < -0.4 is 9.64 Å². The topological polar surface area (TPSA) is 12.5 Å². The van der Waals surface area contributed by atoms with Crippen LogP contribution in [0, 0.1) is 0 Å². The number of ether oxygens (including phenoxy) is 1. The molecule has 0 unspecified atom stereocenters. The van der Waals surface area contributed by atoms with Crippen molar-refractivity contribution < 1.29 is 4.74 Å². The van der Waals surface area contributed by atoms with Crippen LogP contribution in [-0.4, -0.2) is 0 Å². The summed E-state index contributed by atoms with van der Waals surface area (Å²) in [4.78, 5) is 2.36. The van der Waals surface area contributed by atoms with Crippen molar-refractivity contribution >= 4 is 48.6 Å². The average molecular weight is 682 g/mol. The molecule has 0 saturated carbocycles. The Balaban J connectivity index is 1.05. The van der Waals surface area contributed by atoms with Crippen LogP contribution in [-0.2, 0) is 5.41 Å². The zero-order valence-corrected chi connectivity index (χ0v) is 29.0. The molecule has 0 fully saturated rings. The number of anilines is 3. The van der Waals surface area contributed by atoms with E-state index < -0.39 is 5.41 Å². The van der Waals surface area contributed by atoms with Gasteiger partial charge in [0.05, 0.1) is 5.41 Å². The van der Waals surface area contributed by atoms with E-state index in [1.807, 2.05) is 11.3 Å². The third-order valence-electron chi connectivity index (χ3n) is 10.9. The Kier molecular flexibility index (Phi) is 6.37. The van der Waals surface area contributed by atoms with Gasteiger partial charge in [-0.3, -0.25) is 0 Å². The van der Waals surface area contributed by atoms with E-state index in [0.29, 0.717) is 0 Å². The predicted molar refractivity (Wildman–Crippen MR) is 217 cm³/mol. The van der Waals surface area contributed by atoms with Crippen LogP contribution in [0.1, 0.15) is 22.3 Å². The lowest BCUT2D eigenvalue weighted by atomic mass is 9.66. The first kappa shape index (κ1) is 29.3. The Hall–Kier alpha value is -6.42. The van der Waals surface area contributed by atoms with Gasteiger partial charge >= 0.3 is 0 Å². The van der Waals surface area contributed by atoms with E-state index in [1.165, 1.54) is 53.6 Å². The molecule has 1 aliphatic carbocycles. The highest BCUT2D eigenvalue weighted by Crippen LogP contribution is 2.62. The van der Waals surface area contributed by atoms with E-state index in [9.17, 15) is 0 Å². The lowest BCUT2D eigenvalue weighted by Crippen LogP contribution is -2.32. The number of thiophene rings is 1.